The first kappa shape index (κ1) is 10.4. The summed E-state index contributed by atoms with van der Waals surface area (Å²) in [7, 11) is 1.84. The molecule has 0 aromatic heterocycles. The third-order valence-corrected chi connectivity index (χ3v) is 3.95. The third-order valence-electron chi connectivity index (χ3n) is 3.95. The third kappa shape index (κ3) is 2.29. The largest absolute Gasteiger partial charge is 0.380 e. The molecule has 0 bridgehead atoms. The molecule has 14 heavy (non-hydrogen) atoms. The molecule has 1 unspecified atom stereocenters. The summed E-state index contributed by atoms with van der Waals surface area (Å²) in [6.45, 7) is 5.99. The van der Waals surface area contributed by atoms with Crippen molar-refractivity contribution in [3.05, 3.63) is 0 Å². The van der Waals surface area contributed by atoms with Crippen molar-refractivity contribution in [2.75, 3.05) is 26.7 Å². The Kier molecular flexibility index (Phi) is 3.13. The maximum atomic E-state index is 5.45. The fourth-order valence-corrected chi connectivity index (χ4v) is 2.71. The average Bonchev–Trinajstić information content (AvgIpc) is 2.94. The van der Waals surface area contributed by atoms with E-state index in [4.69, 9.17) is 4.74 Å². The molecular weight excluding hydrogens is 174 g/mol. The molecule has 1 atom stereocenters. The minimum absolute atomic E-state index is 0.448. The summed E-state index contributed by atoms with van der Waals surface area (Å²) < 4.78 is 5.45. The van der Waals surface area contributed by atoms with Gasteiger partial charge in [-0.3, -0.25) is 0 Å². The van der Waals surface area contributed by atoms with Crippen molar-refractivity contribution in [3.63, 3.8) is 0 Å². The Labute approximate surface area is 87.6 Å². The van der Waals surface area contributed by atoms with E-state index < -0.39 is 0 Å². The molecule has 1 heterocycles. The molecule has 1 saturated heterocycles. The van der Waals surface area contributed by atoms with Gasteiger partial charge in [0.15, 0.2) is 0 Å². The first-order chi connectivity index (χ1) is 6.78. The van der Waals surface area contributed by atoms with Crippen molar-refractivity contribution < 1.29 is 4.74 Å². The van der Waals surface area contributed by atoms with Crippen LogP contribution < -0.4 is 0 Å². The molecule has 0 radical (unpaired) electrons. The Balaban J connectivity index is 1.79. The number of piperidine rings is 1. The maximum Gasteiger partial charge on any atom is 0.0695 e. The van der Waals surface area contributed by atoms with E-state index in [0.29, 0.717) is 6.10 Å². The van der Waals surface area contributed by atoms with Crippen LogP contribution in [-0.4, -0.2) is 37.7 Å². The molecule has 0 amide bonds. The monoisotopic (exact) mass is 197 g/mol. The molecule has 0 N–H and O–H groups in total. The lowest BCUT2D eigenvalue weighted by Gasteiger charge is -2.34. The second-order valence-electron chi connectivity index (χ2n) is 5.10. The second kappa shape index (κ2) is 4.19. The molecule has 1 saturated carbocycles. The molecule has 2 aliphatic rings. The highest BCUT2D eigenvalue weighted by molar-refractivity contribution is 4.98. The highest BCUT2D eigenvalue weighted by atomic mass is 16.5. The zero-order chi connectivity index (χ0) is 10.0. The van der Waals surface area contributed by atoms with Gasteiger partial charge in [-0.1, -0.05) is 6.92 Å². The van der Waals surface area contributed by atoms with Crippen molar-refractivity contribution in [1.29, 1.82) is 0 Å². The number of ether oxygens (including phenoxy) is 1. The van der Waals surface area contributed by atoms with Gasteiger partial charge in [-0.2, -0.15) is 0 Å². The van der Waals surface area contributed by atoms with Gasteiger partial charge in [-0.15, -0.1) is 0 Å². The van der Waals surface area contributed by atoms with Gasteiger partial charge in [-0.25, -0.2) is 0 Å². The SMILES string of the molecule is CCC(CN1CCCC2(CC2)C1)OC. The topological polar surface area (TPSA) is 12.5 Å². The molecule has 1 aliphatic carbocycles. The van der Waals surface area contributed by atoms with Crippen LogP contribution in [0.4, 0.5) is 0 Å². The van der Waals surface area contributed by atoms with E-state index >= 15 is 0 Å². The highest BCUT2D eigenvalue weighted by Crippen LogP contribution is 2.51. The van der Waals surface area contributed by atoms with Gasteiger partial charge in [0, 0.05) is 20.2 Å². The lowest BCUT2D eigenvalue weighted by Crippen LogP contribution is -2.41. The van der Waals surface area contributed by atoms with Crippen LogP contribution in [0.1, 0.15) is 39.0 Å². The fourth-order valence-electron chi connectivity index (χ4n) is 2.71. The molecule has 1 aliphatic heterocycles. The van der Waals surface area contributed by atoms with Gasteiger partial charge in [0.2, 0.25) is 0 Å². The Morgan fingerprint density at radius 3 is 2.71 bits per heavy atom. The number of likely N-dealkylation sites (tertiary alicyclic amines) is 1. The molecule has 2 heteroatoms. The zero-order valence-electron chi connectivity index (χ0n) is 9.59. The lowest BCUT2D eigenvalue weighted by atomic mass is 9.95. The quantitative estimate of drug-likeness (QED) is 0.685. The standard InChI is InChI=1S/C12H23NO/c1-3-11(14-2)9-13-8-4-5-12(10-13)6-7-12/h11H,3-10H2,1-2H3. The Hall–Kier alpha value is -0.0800. The second-order valence-corrected chi connectivity index (χ2v) is 5.10. The van der Waals surface area contributed by atoms with Crippen molar-refractivity contribution in [1.82, 2.24) is 4.90 Å². The number of hydrogen-bond donors (Lipinski definition) is 0. The van der Waals surface area contributed by atoms with Crippen LogP contribution in [0.5, 0.6) is 0 Å². The van der Waals surface area contributed by atoms with Crippen LogP contribution in [-0.2, 0) is 4.74 Å². The maximum absolute atomic E-state index is 5.45. The Morgan fingerprint density at radius 1 is 1.36 bits per heavy atom. The van der Waals surface area contributed by atoms with E-state index in [2.05, 4.69) is 11.8 Å². The summed E-state index contributed by atoms with van der Waals surface area (Å²) in [5.74, 6) is 0. The van der Waals surface area contributed by atoms with Gasteiger partial charge in [0.1, 0.15) is 0 Å². The van der Waals surface area contributed by atoms with Crippen molar-refractivity contribution >= 4 is 0 Å². The van der Waals surface area contributed by atoms with E-state index in [1.54, 1.807) is 0 Å². The van der Waals surface area contributed by atoms with E-state index in [9.17, 15) is 0 Å². The van der Waals surface area contributed by atoms with Gasteiger partial charge in [0.25, 0.3) is 0 Å². The van der Waals surface area contributed by atoms with Crippen molar-refractivity contribution in [3.8, 4) is 0 Å². The van der Waals surface area contributed by atoms with E-state index in [1.807, 2.05) is 7.11 Å². The summed E-state index contributed by atoms with van der Waals surface area (Å²) in [5.41, 5.74) is 0.754. The predicted octanol–water partition coefficient (Wildman–Crippen LogP) is 2.29. The molecule has 0 aromatic rings. The number of nitrogens with zero attached hydrogens (tertiary/aromatic N) is 1. The van der Waals surface area contributed by atoms with Gasteiger partial charge >= 0.3 is 0 Å². The van der Waals surface area contributed by atoms with Crippen LogP contribution in [0.15, 0.2) is 0 Å². The van der Waals surface area contributed by atoms with Gasteiger partial charge in [-0.05, 0) is 44.1 Å². The molecule has 2 nitrogen and oxygen atoms in total. The van der Waals surface area contributed by atoms with Crippen molar-refractivity contribution in [2.24, 2.45) is 5.41 Å². The first-order valence-electron chi connectivity index (χ1n) is 6.03. The van der Waals surface area contributed by atoms with Gasteiger partial charge < -0.3 is 9.64 Å². The number of hydrogen-bond acceptors (Lipinski definition) is 2. The van der Waals surface area contributed by atoms with Gasteiger partial charge in [0.05, 0.1) is 6.10 Å². The fraction of sp³-hybridized carbons (Fsp3) is 1.00. The molecule has 82 valence electrons. The predicted molar refractivity (Wildman–Crippen MR) is 58.4 cm³/mol. The molecular formula is C12H23NO. The first-order valence-corrected chi connectivity index (χ1v) is 6.03. The van der Waals surface area contributed by atoms with E-state index in [0.717, 1.165) is 18.4 Å². The minimum Gasteiger partial charge on any atom is -0.380 e. The summed E-state index contributed by atoms with van der Waals surface area (Å²) >= 11 is 0. The average molecular weight is 197 g/mol. The zero-order valence-corrected chi connectivity index (χ0v) is 9.59. The molecule has 2 rings (SSSR count). The van der Waals surface area contributed by atoms with Crippen LogP contribution in [0, 0.1) is 5.41 Å². The van der Waals surface area contributed by atoms with Crippen LogP contribution in [0.25, 0.3) is 0 Å². The minimum atomic E-state index is 0.448. The summed E-state index contributed by atoms with van der Waals surface area (Å²) in [5, 5.41) is 0. The van der Waals surface area contributed by atoms with Crippen LogP contribution in [0.3, 0.4) is 0 Å². The summed E-state index contributed by atoms with van der Waals surface area (Å²) in [4.78, 5) is 2.62. The van der Waals surface area contributed by atoms with Crippen LogP contribution in [0.2, 0.25) is 0 Å². The molecule has 2 fully saturated rings. The van der Waals surface area contributed by atoms with Crippen LogP contribution >= 0.6 is 0 Å². The molecule has 1 spiro atoms. The smallest absolute Gasteiger partial charge is 0.0695 e. The number of methoxy groups -OCH3 is 1. The lowest BCUT2D eigenvalue weighted by molar-refractivity contribution is 0.0428. The normalized spacial score (nSPS) is 27.9. The highest BCUT2D eigenvalue weighted by Gasteiger charge is 2.45. The Morgan fingerprint density at radius 2 is 2.14 bits per heavy atom. The Bertz CT molecular complexity index is 185. The van der Waals surface area contributed by atoms with E-state index in [-0.39, 0.29) is 0 Å². The van der Waals surface area contributed by atoms with E-state index in [1.165, 1.54) is 38.8 Å². The summed E-state index contributed by atoms with van der Waals surface area (Å²) in [6, 6.07) is 0. The molecule has 0 aromatic carbocycles. The number of rotatable bonds is 4. The van der Waals surface area contributed by atoms with Crippen molar-refractivity contribution in [2.45, 2.75) is 45.1 Å². The summed E-state index contributed by atoms with van der Waals surface area (Å²) in [6.07, 6.45) is 7.43.